The van der Waals surface area contributed by atoms with Crippen LogP contribution in [-0.4, -0.2) is 21.1 Å². The number of imidazole rings is 1. The molecule has 2 aromatic heterocycles. The van der Waals surface area contributed by atoms with E-state index in [0.29, 0.717) is 6.54 Å². The van der Waals surface area contributed by atoms with Gasteiger partial charge in [-0.25, -0.2) is 9.97 Å². The lowest BCUT2D eigenvalue weighted by Crippen LogP contribution is -2.14. The lowest BCUT2D eigenvalue weighted by atomic mass is 10.2. The van der Waals surface area contributed by atoms with Gasteiger partial charge in [0.1, 0.15) is 24.0 Å². The molecule has 126 valence electrons. The highest BCUT2D eigenvalue weighted by Crippen LogP contribution is 2.17. The predicted octanol–water partition coefficient (Wildman–Crippen LogP) is 2.88. The van der Waals surface area contributed by atoms with Gasteiger partial charge in [-0.1, -0.05) is 30.2 Å². The Morgan fingerprint density at radius 3 is 2.76 bits per heavy atom. The van der Waals surface area contributed by atoms with Crippen molar-refractivity contribution in [3.8, 4) is 23.9 Å². The van der Waals surface area contributed by atoms with Gasteiger partial charge >= 0.3 is 0 Å². The van der Waals surface area contributed by atoms with Gasteiger partial charge in [0.15, 0.2) is 0 Å². The topological polar surface area (TPSA) is 52.0 Å². The van der Waals surface area contributed by atoms with Gasteiger partial charge in [-0.2, -0.15) is 0 Å². The minimum absolute atomic E-state index is 0.274. The molecule has 0 saturated heterocycles. The summed E-state index contributed by atoms with van der Waals surface area (Å²) in [7, 11) is 0. The summed E-state index contributed by atoms with van der Waals surface area (Å²) in [4.78, 5) is 8.72. The van der Waals surface area contributed by atoms with E-state index in [0.717, 1.165) is 35.1 Å². The summed E-state index contributed by atoms with van der Waals surface area (Å²) < 4.78 is 7.51. The molecule has 0 aliphatic rings. The van der Waals surface area contributed by atoms with E-state index in [2.05, 4.69) is 27.3 Å². The normalized spacial score (nSPS) is 10.4. The molecule has 1 aromatic carbocycles. The van der Waals surface area contributed by atoms with E-state index in [1.165, 1.54) is 0 Å². The van der Waals surface area contributed by atoms with Gasteiger partial charge in [0.25, 0.3) is 0 Å². The van der Waals surface area contributed by atoms with E-state index >= 15 is 0 Å². The summed E-state index contributed by atoms with van der Waals surface area (Å²) in [5.74, 6) is 5.09. The third-order valence-corrected chi connectivity index (χ3v) is 3.81. The van der Waals surface area contributed by atoms with Crippen LogP contribution in [0.5, 0.6) is 5.75 Å². The van der Waals surface area contributed by atoms with Gasteiger partial charge in [0.2, 0.25) is 0 Å². The summed E-state index contributed by atoms with van der Waals surface area (Å²) in [5, 5.41) is 3.41. The van der Waals surface area contributed by atoms with Gasteiger partial charge in [-0.15, -0.1) is 6.42 Å². The SMILES string of the molecule is C#CCOc1ccccc1CNCc1ccc(-n2ccnc2C)nc1. The number of rotatable bonds is 7. The molecule has 5 heteroatoms. The van der Waals surface area contributed by atoms with Crippen LogP contribution in [0.3, 0.4) is 0 Å². The zero-order chi connectivity index (χ0) is 17.5. The van der Waals surface area contributed by atoms with Gasteiger partial charge in [0, 0.05) is 37.2 Å². The number of nitrogens with one attached hydrogen (secondary N) is 1. The second-order valence-electron chi connectivity index (χ2n) is 5.57. The predicted molar refractivity (Wildman–Crippen MR) is 97.4 cm³/mol. The van der Waals surface area contributed by atoms with Gasteiger partial charge in [-0.3, -0.25) is 4.57 Å². The molecule has 0 bridgehead atoms. The summed E-state index contributed by atoms with van der Waals surface area (Å²) in [5.41, 5.74) is 2.19. The van der Waals surface area contributed by atoms with Crippen LogP contribution in [0.15, 0.2) is 55.0 Å². The molecule has 0 radical (unpaired) electrons. The Morgan fingerprint density at radius 2 is 2.04 bits per heavy atom. The molecule has 0 spiro atoms. The highest BCUT2D eigenvalue weighted by Gasteiger charge is 2.04. The maximum absolute atomic E-state index is 5.56. The van der Waals surface area contributed by atoms with Crippen LogP contribution in [0.4, 0.5) is 0 Å². The van der Waals surface area contributed by atoms with Crippen molar-refractivity contribution in [1.82, 2.24) is 19.9 Å². The lowest BCUT2D eigenvalue weighted by Gasteiger charge is -2.11. The van der Waals surface area contributed by atoms with E-state index in [1.54, 1.807) is 6.20 Å². The fourth-order valence-electron chi connectivity index (χ4n) is 2.54. The van der Waals surface area contributed by atoms with Crippen LogP contribution < -0.4 is 10.1 Å². The largest absolute Gasteiger partial charge is 0.481 e. The first-order valence-corrected chi connectivity index (χ1v) is 8.08. The maximum atomic E-state index is 5.56. The van der Waals surface area contributed by atoms with Crippen LogP contribution in [0.1, 0.15) is 17.0 Å². The van der Waals surface area contributed by atoms with Crippen molar-refractivity contribution in [3.63, 3.8) is 0 Å². The van der Waals surface area contributed by atoms with Crippen molar-refractivity contribution in [2.45, 2.75) is 20.0 Å². The number of terminal acetylenes is 1. The lowest BCUT2D eigenvalue weighted by molar-refractivity contribution is 0.365. The van der Waals surface area contributed by atoms with Gasteiger partial charge in [-0.05, 0) is 24.6 Å². The van der Waals surface area contributed by atoms with Crippen molar-refractivity contribution in [3.05, 3.63) is 71.9 Å². The number of benzene rings is 1. The van der Waals surface area contributed by atoms with E-state index in [-0.39, 0.29) is 6.61 Å². The van der Waals surface area contributed by atoms with Gasteiger partial charge < -0.3 is 10.1 Å². The Morgan fingerprint density at radius 1 is 1.16 bits per heavy atom. The molecule has 0 aliphatic carbocycles. The molecule has 0 amide bonds. The highest BCUT2D eigenvalue weighted by atomic mass is 16.5. The number of aromatic nitrogens is 3. The second kappa shape index (κ2) is 8.13. The smallest absolute Gasteiger partial charge is 0.148 e. The average Bonchev–Trinajstić information content (AvgIpc) is 3.07. The van der Waals surface area contributed by atoms with Crippen molar-refractivity contribution < 1.29 is 4.74 Å². The van der Waals surface area contributed by atoms with Gasteiger partial charge in [0.05, 0.1) is 0 Å². The number of pyridine rings is 1. The molecule has 0 unspecified atom stereocenters. The standard InChI is InChI=1S/C20H20N4O/c1-3-12-25-19-7-5-4-6-18(19)15-21-13-17-8-9-20(23-14-17)24-11-10-22-16(24)2/h1,4-11,14,21H,12-13,15H2,2H3. The molecule has 3 rings (SSSR count). The molecule has 0 fully saturated rings. The fourth-order valence-corrected chi connectivity index (χ4v) is 2.54. The van der Waals surface area contributed by atoms with E-state index in [1.807, 2.05) is 54.2 Å². The molecule has 0 aliphatic heterocycles. The van der Waals surface area contributed by atoms with Crippen molar-refractivity contribution in [2.24, 2.45) is 0 Å². The fraction of sp³-hybridized carbons (Fsp3) is 0.200. The van der Waals surface area contributed by atoms with Crippen LogP contribution in [0.2, 0.25) is 0 Å². The van der Waals surface area contributed by atoms with Crippen molar-refractivity contribution >= 4 is 0 Å². The average molecular weight is 332 g/mol. The number of nitrogens with zero attached hydrogens (tertiary/aromatic N) is 3. The minimum Gasteiger partial charge on any atom is -0.481 e. The maximum Gasteiger partial charge on any atom is 0.148 e. The summed E-state index contributed by atoms with van der Waals surface area (Å²) >= 11 is 0. The van der Waals surface area contributed by atoms with Crippen LogP contribution in [0.25, 0.3) is 5.82 Å². The summed E-state index contributed by atoms with van der Waals surface area (Å²) in [6.07, 6.45) is 10.8. The van der Waals surface area contributed by atoms with Crippen molar-refractivity contribution in [1.29, 1.82) is 0 Å². The highest BCUT2D eigenvalue weighted by molar-refractivity contribution is 5.33. The quantitative estimate of drug-likeness (QED) is 0.676. The molecule has 2 heterocycles. The molecule has 1 N–H and O–H groups in total. The number of ether oxygens (including phenoxy) is 1. The van der Waals surface area contributed by atoms with Crippen LogP contribution >= 0.6 is 0 Å². The first kappa shape index (κ1) is 16.7. The number of hydrogen-bond acceptors (Lipinski definition) is 4. The molecule has 25 heavy (non-hydrogen) atoms. The molecule has 3 aromatic rings. The first-order valence-electron chi connectivity index (χ1n) is 8.08. The molecular formula is C20H20N4O. The molecular weight excluding hydrogens is 312 g/mol. The monoisotopic (exact) mass is 332 g/mol. The Labute approximate surface area is 147 Å². The van der Waals surface area contributed by atoms with Crippen molar-refractivity contribution in [2.75, 3.05) is 6.61 Å². The Bertz CT molecular complexity index is 862. The van der Waals surface area contributed by atoms with E-state index in [9.17, 15) is 0 Å². The summed E-state index contributed by atoms with van der Waals surface area (Å²) in [6.45, 7) is 3.65. The zero-order valence-electron chi connectivity index (χ0n) is 14.1. The molecule has 5 nitrogen and oxygen atoms in total. The molecule has 0 saturated carbocycles. The number of aryl methyl sites for hydroxylation is 1. The number of hydrogen-bond donors (Lipinski definition) is 1. The Kier molecular flexibility index (Phi) is 5.45. The number of para-hydroxylation sites is 1. The van der Waals surface area contributed by atoms with E-state index < -0.39 is 0 Å². The van der Waals surface area contributed by atoms with E-state index in [4.69, 9.17) is 11.2 Å². The Balaban J connectivity index is 1.58. The zero-order valence-corrected chi connectivity index (χ0v) is 14.1. The third kappa shape index (κ3) is 4.25. The van der Waals surface area contributed by atoms with Crippen LogP contribution in [-0.2, 0) is 13.1 Å². The Hall–Kier alpha value is -3.10. The summed E-state index contributed by atoms with van der Waals surface area (Å²) in [6, 6.07) is 11.9. The third-order valence-electron chi connectivity index (χ3n) is 3.81. The van der Waals surface area contributed by atoms with Crippen LogP contribution in [0, 0.1) is 19.3 Å². The first-order chi connectivity index (χ1) is 12.3. The molecule has 0 atom stereocenters. The second-order valence-corrected chi connectivity index (χ2v) is 5.57. The minimum atomic E-state index is 0.274.